The summed E-state index contributed by atoms with van der Waals surface area (Å²) in [6, 6.07) is 5.18. The van der Waals surface area contributed by atoms with Crippen LogP contribution >= 0.6 is 0 Å². The number of halogens is 1. The number of hydrogen-bond donors (Lipinski definition) is 0. The Labute approximate surface area is 140 Å². The van der Waals surface area contributed by atoms with Crippen LogP contribution in [0.25, 0.3) is 0 Å². The number of carbonyl (C=O) groups excluding carboxylic acids is 1. The molecular formula is C14H14FN5O5. The number of nitro groups is 1. The third kappa shape index (κ3) is 3.88. The molecule has 1 aromatic carbocycles. The first kappa shape index (κ1) is 16.8. The highest BCUT2D eigenvalue weighted by atomic mass is 19.1. The predicted octanol–water partition coefficient (Wildman–Crippen LogP) is 0.976. The first-order valence-corrected chi connectivity index (χ1v) is 7.42. The summed E-state index contributed by atoms with van der Waals surface area (Å²) in [7, 11) is 0. The number of rotatable bonds is 5. The van der Waals surface area contributed by atoms with Gasteiger partial charge < -0.3 is 24.5 Å². The van der Waals surface area contributed by atoms with Crippen LogP contribution in [-0.2, 0) is 16.1 Å². The van der Waals surface area contributed by atoms with Gasteiger partial charge in [0.05, 0.1) is 13.2 Å². The number of morpholine rings is 1. The lowest BCUT2D eigenvalue weighted by molar-refractivity contribution is -0.394. The zero-order valence-corrected chi connectivity index (χ0v) is 13.0. The molecular weight excluding hydrogens is 337 g/mol. The molecule has 2 heterocycles. The maximum absolute atomic E-state index is 13.7. The maximum atomic E-state index is 13.7. The molecule has 0 saturated carbocycles. The number of para-hydroxylation sites is 1. The van der Waals surface area contributed by atoms with Gasteiger partial charge >= 0.3 is 12.0 Å². The van der Waals surface area contributed by atoms with Crippen molar-refractivity contribution in [2.75, 3.05) is 26.3 Å². The molecule has 0 unspecified atom stereocenters. The number of nitrogens with zero attached hydrogens (tertiary/aromatic N) is 5. The van der Waals surface area contributed by atoms with Crippen LogP contribution in [0, 0.1) is 15.9 Å². The van der Waals surface area contributed by atoms with Crippen LogP contribution in [0.1, 0.15) is 0 Å². The van der Waals surface area contributed by atoms with Gasteiger partial charge in [0.2, 0.25) is 5.91 Å². The largest absolute Gasteiger partial charge is 0.494 e. The Morgan fingerprint density at radius 1 is 1.36 bits per heavy atom. The molecule has 0 aliphatic carbocycles. The first-order chi connectivity index (χ1) is 12.0. The van der Waals surface area contributed by atoms with Crippen molar-refractivity contribution in [3.8, 4) is 11.8 Å². The number of hydrogen-bond acceptors (Lipinski definition) is 7. The van der Waals surface area contributed by atoms with Gasteiger partial charge in [-0.25, -0.2) is 4.39 Å². The fourth-order valence-electron chi connectivity index (χ4n) is 2.24. The fourth-order valence-corrected chi connectivity index (χ4v) is 2.24. The topological polar surface area (TPSA) is 113 Å². The second-order valence-electron chi connectivity index (χ2n) is 5.13. The van der Waals surface area contributed by atoms with Gasteiger partial charge in [-0.15, -0.1) is 4.68 Å². The summed E-state index contributed by atoms with van der Waals surface area (Å²) in [5.74, 6) is -1.90. The van der Waals surface area contributed by atoms with Crippen molar-refractivity contribution in [3.63, 3.8) is 0 Å². The van der Waals surface area contributed by atoms with E-state index < -0.39 is 16.7 Å². The molecule has 0 bridgehead atoms. The number of aromatic nitrogens is 3. The normalized spacial score (nSPS) is 14.4. The molecule has 0 spiro atoms. The second kappa shape index (κ2) is 7.21. The fraction of sp³-hybridized carbons (Fsp3) is 0.357. The molecule has 0 radical (unpaired) electrons. The van der Waals surface area contributed by atoms with E-state index >= 15 is 0 Å². The standard InChI is InChI=1S/C14H14FN5O5/c15-10-3-1-2-4-11(10)25-14-16-13(20(22)23)17-19(14)9-12(21)18-5-7-24-8-6-18/h1-4H,5-9H2. The SMILES string of the molecule is O=C(Cn1nc([N+](=O)[O-])nc1Oc1ccccc1F)N1CCOCC1. The van der Waals surface area contributed by atoms with Crippen LogP contribution in [0.4, 0.5) is 10.3 Å². The van der Waals surface area contributed by atoms with Crippen LogP contribution in [0.15, 0.2) is 24.3 Å². The molecule has 132 valence electrons. The van der Waals surface area contributed by atoms with E-state index in [1.807, 2.05) is 0 Å². The zero-order chi connectivity index (χ0) is 17.8. The van der Waals surface area contributed by atoms with Gasteiger partial charge in [-0.1, -0.05) is 12.1 Å². The van der Waals surface area contributed by atoms with Gasteiger partial charge in [0.15, 0.2) is 11.6 Å². The van der Waals surface area contributed by atoms with Crippen LogP contribution in [0.3, 0.4) is 0 Å². The molecule has 10 nitrogen and oxygen atoms in total. The Bertz CT molecular complexity index is 790. The highest BCUT2D eigenvalue weighted by Crippen LogP contribution is 2.24. The van der Waals surface area contributed by atoms with Gasteiger partial charge in [0, 0.05) is 18.2 Å². The van der Waals surface area contributed by atoms with Crippen molar-refractivity contribution in [3.05, 3.63) is 40.2 Å². The van der Waals surface area contributed by atoms with Crippen LogP contribution < -0.4 is 4.74 Å². The van der Waals surface area contributed by atoms with Crippen molar-refractivity contribution in [2.24, 2.45) is 0 Å². The molecule has 0 atom stereocenters. The molecule has 2 aromatic rings. The molecule has 0 N–H and O–H groups in total. The van der Waals surface area contributed by atoms with Crippen molar-refractivity contribution in [1.29, 1.82) is 0 Å². The van der Waals surface area contributed by atoms with E-state index in [0.717, 1.165) is 4.68 Å². The summed E-state index contributed by atoms with van der Waals surface area (Å²) in [5.41, 5.74) is 0. The maximum Gasteiger partial charge on any atom is 0.494 e. The quantitative estimate of drug-likeness (QED) is 0.583. The zero-order valence-electron chi connectivity index (χ0n) is 13.0. The predicted molar refractivity (Wildman–Crippen MR) is 80.5 cm³/mol. The summed E-state index contributed by atoms with van der Waals surface area (Å²) in [6.07, 6.45) is 0. The molecule has 1 saturated heterocycles. The van der Waals surface area contributed by atoms with E-state index in [9.17, 15) is 19.3 Å². The molecule has 3 rings (SSSR count). The van der Waals surface area contributed by atoms with Gasteiger partial charge in [-0.05, 0) is 22.0 Å². The average molecular weight is 351 g/mol. The van der Waals surface area contributed by atoms with E-state index in [0.29, 0.717) is 26.3 Å². The summed E-state index contributed by atoms with van der Waals surface area (Å²) < 4.78 is 25.1. The van der Waals surface area contributed by atoms with Crippen molar-refractivity contribution >= 4 is 11.9 Å². The van der Waals surface area contributed by atoms with Crippen molar-refractivity contribution in [2.45, 2.75) is 6.54 Å². The minimum absolute atomic E-state index is 0.176. The molecule has 1 aromatic heterocycles. The van der Waals surface area contributed by atoms with Crippen molar-refractivity contribution < 1.29 is 23.6 Å². The van der Waals surface area contributed by atoms with Crippen LogP contribution in [0.5, 0.6) is 11.8 Å². The number of amides is 1. The highest BCUT2D eigenvalue weighted by molar-refractivity contribution is 5.76. The lowest BCUT2D eigenvalue weighted by Gasteiger charge is -2.26. The lowest BCUT2D eigenvalue weighted by atomic mass is 10.3. The highest BCUT2D eigenvalue weighted by Gasteiger charge is 2.27. The monoisotopic (exact) mass is 351 g/mol. The third-order valence-corrected chi connectivity index (χ3v) is 3.48. The Hall–Kier alpha value is -3.08. The smallest absolute Gasteiger partial charge is 0.408 e. The van der Waals surface area contributed by atoms with Gasteiger partial charge in [-0.3, -0.25) is 4.79 Å². The van der Waals surface area contributed by atoms with E-state index in [-0.39, 0.29) is 24.2 Å². The van der Waals surface area contributed by atoms with E-state index in [1.165, 1.54) is 24.3 Å². The minimum atomic E-state index is -0.816. The minimum Gasteiger partial charge on any atom is -0.408 e. The Kier molecular flexibility index (Phi) is 4.84. The third-order valence-electron chi connectivity index (χ3n) is 3.48. The lowest BCUT2D eigenvalue weighted by Crippen LogP contribution is -2.42. The number of benzene rings is 1. The van der Waals surface area contributed by atoms with E-state index in [4.69, 9.17) is 9.47 Å². The second-order valence-corrected chi connectivity index (χ2v) is 5.13. The first-order valence-electron chi connectivity index (χ1n) is 7.42. The number of ether oxygens (including phenoxy) is 2. The molecule has 1 aliphatic rings. The van der Waals surface area contributed by atoms with Crippen molar-refractivity contribution in [1.82, 2.24) is 19.7 Å². The Morgan fingerprint density at radius 3 is 2.76 bits per heavy atom. The molecule has 1 aliphatic heterocycles. The summed E-state index contributed by atoms with van der Waals surface area (Å²) in [5, 5.41) is 14.5. The van der Waals surface area contributed by atoms with Gasteiger partial charge in [0.25, 0.3) is 0 Å². The Balaban J connectivity index is 1.83. The average Bonchev–Trinajstić information content (AvgIpc) is 3.00. The summed E-state index contributed by atoms with van der Waals surface area (Å²) >= 11 is 0. The summed E-state index contributed by atoms with van der Waals surface area (Å²) in [4.78, 5) is 27.5. The van der Waals surface area contributed by atoms with Crippen LogP contribution in [0.2, 0.25) is 0 Å². The van der Waals surface area contributed by atoms with E-state index in [2.05, 4.69) is 10.1 Å². The van der Waals surface area contributed by atoms with Gasteiger partial charge in [0.1, 0.15) is 6.54 Å². The molecule has 1 amide bonds. The van der Waals surface area contributed by atoms with Gasteiger partial charge in [-0.2, -0.15) is 0 Å². The summed E-state index contributed by atoms with van der Waals surface area (Å²) in [6.45, 7) is 1.35. The molecule has 1 fully saturated rings. The molecule has 25 heavy (non-hydrogen) atoms. The number of carbonyl (C=O) groups is 1. The molecule has 11 heteroatoms. The van der Waals surface area contributed by atoms with Crippen LogP contribution in [-0.4, -0.2) is 56.8 Å². The Morgan fingerprint density at radius 2 is 2.08 bits per heavy atom. The van der Waals surface area contributed by atoms with E-state index in [1.54, 1.807) is 4.90 Å².